The molecule has 0 atom stereocenters. The molecule has 0 heterocycles. The predicted octanol–water partition coefficient (Wildman–Crippen LogP) is 3.02. The van der Waals surface area contributed by atoms with E-state index in [1.807, 2.05) is 85.8 Å². The van der Waals surface area contributed by atoms with Gasteiger partial charge in [-0.1, -0.05) is 61.2 Å². The van der Waals surface area contributed by atoms with Gasteiger partial charge in [0, 0.05) is 5.56 Å². The van der Waals surface area contributed by atoms with Gasteiger partial charge in [0.2, 0.25) is 5.84 Å². The lowest BCUT2D eigenvalue weighted by atomic mass is 10.0. The van der Waals surface area contributed by atoms with E-state index in [0.717, 1.165) is 28.2 Å². The second-order valence-corrected chi connectivity index (χ2v) is 5.72. The lowest BCUT2D eigenvalue weighted by Crippen LogP contribution is -2.81. The third-order valence-electron chi connectivity index (χ3n) is 3.49. The van der Waals surface area contributed by atoms with Gasteiger partial charge in [0.1, 0.15) is 0 Å². The highest BCUT2D eigenvalue weighted by Gasteiger charge is 2.10. The van der Waals surface area contributed by atoms with Crippen molar-refractivity contribution >= 4 is 34.4 Å². The third-order valence-corrected chi connectivity index (χ3v) is 3.59. The van der Waals surface area contributed by atoms with Crippen LogP contribution in [-0.2, 0) is 0 Å². The number of thiocarbonyl (C=S) groups is 1. The summed E-state index contributed by atoms with van der Waals surface area (Å²) in [5.74, 6) is 0.739. The Hall–Kier alpha value is -2.98. The first-order chi connectivity index (χ1) is 12.1. The van der Waals surface area contributed by atoms with E-state index in [2.05, 4.69) is 16.9 Å². The van der Waals surface area contributed by atoms with Gasteiger partial charge < -0.3 is 5.73 Å². The number of hydrogen-bond acceptors (Lipinski definition) is 1. The topological polar surface area (TPSA) is 52.0 Å². The first-order valence-electron chi connectivity index (χ1n) is 7.95. The van der Waals surface area contributed by atoms with Crippen LogP contribution < -0.4 is 16.0 Å². The summed E-state index contributed by atoms with van der Waals surface area (Å²) in [6, 6.07) is 18.0. The van der Waals surface area contributed by atoms with Gasteiger partial charge in [0.15, 0.2) is 0 Å². The maximum atomic E-state index is 5.67. The molecule has 4 heteroatoms. The summed E-state index contributed by atoms with van der Waals surface area (Å²) in [5, 5.41) is 3.53. The number of amidine groups is 1. The molecule has 3 nitrogen and oxygen atoms in total. The fourth-order valence-electron chi connectivity index (χ4n) is 2.28. The van der Waals surface area contributed by atoms with Crippen LogP contribution in [0.3, 0.4) is 0 Å². The molecule has 0 radical (unpaired) electrons. The Morgan fingerprint density at radius 2 is 1.72 bits per heavy atom. The Morgan fingerprint density at radius 3 is 2.28 bits per heavy atom. The van der Waals surface area contributed by atoms with Crippen LogP contribution in [0.25, 0.3) is 5.57 Å². The minimum absolute atomic E-state index is 0.210. The summed E-state index contributed by atoms with van der Waals surface area (Å²) < 4.78 is 0. The number of para-hydroxylation sites is 1. The molecule has 0 aromatic heterocycles. The largest absolute Gasteiger partial charge is 0.309 e. The van der Waals surface area contributed by atoms with Gasteiger partial charge in [0.25, 0.3) is 5.11 Å². The minimum atomic E-state index is 0.210. The predicted molar refractivity (Wildman–Crippen MR) is 111 cm³/mol. The van der Waals surface area contributed by atoms with Crippen molar-refractivity contribution in [2.24, 2.45) is 5.73 Å². The van der Waals surface area contributed by atoms with E-state index >= 15 is 0 Å². The molecule has 25 heavy (non-hydrogen) atoms. The van der Waals surface area contributed by atoms with Crippen LogP contribution in [-0.4, -0.2) is 10.9 Å². The van der Waals surface area contributed by atoms with E-state index in [9.17, 15) is 0 Å². The third kappa shape index (κ3) is 5.55. The summed E-state index contributed by atoms with van der Waals surface area (Å²) in [4.78, 5) is 3.01. The van der Waals surface area contributed by atoms with Gasteiger partial charge >= 0.3 is 0 Å². The van der Waals surface area contributed by atoms with Gasteiger partial charge in [-0.2, -0.15) is 0 Å². The molecule has 126 valence electrons. The van der Waals surface area contributed by atoms with Gasteiger partial charge in [-0.05, 0) is 54.5 Å². The molecular formula is C21H22N3S+. The average Bonchev–Trinajstić information content (AvgIpc) is 2.63. The van der Waals surface area contributed by atoms with Gasteiger partial charge in [-0.3, -0.25) is 5.32 Å². The molecule has 2 aromatic rings. The first kappa shape index (κ1) is 18.4. The van der Waals surface area contributed by atoms with Crippen LogP contribution in [0.4, 0.5) is 5.69 Å². The van der Waals surface area contributed by atoms with E-state index in [0.29, 0.717) is 0 Å². The van der Waals surface area contributed by atoms with Gasteiger partial charge in [-0.15, -0.1) is 0 Å². The number of nitrogens with one attached hydrogen (secondary N) is 2. The van der Waals surface area contributed by atoms with E-state index in [4.69, 9.17) is 18.0 Å². The fraction of sp³-hybridized carbons (Fsp3) is 0.0476. The highest BCUT2D eigenvalue weighted by Crippen LogP contribution is 2.17. The molecule has 4 N–H and O–H groups in total. The van der Waals surface area contributed by atoms with Crippen molar-refractivity contribution in [2.75, 3.05) is 5.32 Å². The van der Waals surface area contributed by atoms with Crippen LogP contribution in [0.2, 0.25) is 0 Å². The molecule has 0 unspecified atom stereocenters. The van der Waals surface area contributed by atoms with Crippen molar-refractivity contribution in [3.63, 3.8) is 0 Å². The van der Waals surface area contributed by atoms with E-state index in [1.165, 1.54) is 0 Å². The number of hydrogen-bond donors (Lipinski definition) is 3. The van der Waals surface area contributed by atoms with E-state index in [-0.39, 0.29) is 5.11 Å². The molecule has 0 aliphatic rings. The summed E-state index contributed by atoms with van der Waals surface area (Å²) in [5.41, 5.74) is 9.72. The molecule has 0 fully saturated rings. The molecular weight excluding hydrogens is 326 g/mol. The Balaban J connectivity index is 2.33. The summed E-state index contributed by atoms with van der Waals surface area (Å²) >= 11 is 5.00. The van der Waals surface area contributed by atoms with Crippen LogP contribution in [0.15, 0.2) is 85.5 Å². The molecule has 0 saturated carbocycles. The zero-order valence-electron chi connectivity index (χ0n) is 14.2. The van der Waals surface area contributed by atoms with Crippen molar-refractivity contribution in [1.82, 2.24) is 0 Å². The van der Waals surface area contributed by atoms with E-state index in [1.54, 1.807) is 0 Å². The fourth-order valence-corrected chi connectivity index (χ4v) is 2.38. The molecule has 0 bridgehead atoms. The first-order valence-corrected chi connectivity index (χ1v) is 8.36. The number of anilines is 1. The van der Waals surface area contributed by atoms with Crippen molar-refractivity contribution in [3.05, 3.63) is 96.6 Å². The summed E-state index contributed by atoms with van der Waals surface area (Å²) in [7, 11) is 0. The second kappa shape index (κ2) is 9.35. The molecule has 0 aliphatic carbocycles. The Kier molecular flexibility index (Phi) is 6.87. The Labute approximate surface area is 154 Å². The minimum Gasteiger partial charge on any atom is -0.309 e. The molecule has 0 amide bonds. The molecule has 2 rings (SSSR count). The molecule has 2 aromatic carbocycles. The lowest BCUT2D eigenvalue weighted by molar-refractivity contribution is -0.311. The summed E-state index contributed by atoms with van der Waals surface area (Å²) in [6.07, 6.45) is 7.85. The van der Waals surface area contributed by atoms with Crippen LogP contribution in [0.5, 0.6) is 0 Å². The van der Waals surface area contributed by atoms with E-state index < -0.39 is 0 Å². The van der Waals surface area contributed by atoms with Gasteiger partial charge in [0.05, 0.1) is 5.69 Å². The molecule has 0 spiro atoms. The Morgan fingerprint density at radius 1 is 1.08 bits per heavy atom. The summed E-state index contributed by atoms with van der Waals surface area (Å²) in [6.45, 7) is 5.86. The van der Waals surface area contributed by atoms with Crippen molar-refractivity contribution in [3.8, 4) is 0 Å². The normalized spacial score (nSPS) is 12.2. The van der Waals surface area contributed by atoms with Crippen molar-refractivity contribution < 1.29 is 4.99 Å². The molecule has 0 saturated heterocycles. The van der Waals surface area contributed by atoms with Crippen molar-refractivity contribution in [1.29, 1.82) is 0 Å². The second-order valence-electron chi connectivity index (χ2n) is 5.28. The highest BCUT2D eigenvalue weighted by molar-refractivity contribution is 7.79. The molecule has 0 aliphatic heterocycles. The highest BCUT2D eigenvalue weighted by atomic mass is 32.1. The number of rotatable bonds is 5. The zero-order valence-corrected chi connectivity index (χ0v) is 15.0. The zero-order chi connectivity index (χ0) is 18.1. The standard InChI is InChI=1S/C21H21N3S/c1-3-5-9-16(4-2)17-12-14-18(15-13-17)20(24-21(22)25)23-19-10-7-6-8-11-19/h3-15H,2H2,1H3,(H3,22,23,24,25)/p+1/b5-3-,16-9+. The number of allylic oxidation sites excluding steroid dienone is 5. The monoisotopic (exact) mass is 348 g/mol. The van der Waals surface area contributed by atoms with Crippen LogP contribution in [0, 0.1) is 0 Å². The average molecular weight is 348 g/mol. The number of benzene rings is 2. The van der Waals surface area contributed by atoms with Gasteiger partial charge in [-0.25, -0.2) is 4.99 Å². The van der Waals surface area contributed by atoms with Crippen LogP contribution in [0.1, 0.15) is 18.1 Å². The maximum Gasteiger partial charge on any atom is 0.285 e. The SMILES string of the molecule is C=C/C(=C\C=C/C)c1ccc(/C(Nc2ccccc2)=[NH+]/C(N)=S)cc1. The number of nitrogens with two attached hydrogens (primary N) is 1. The van der Waals surface area contributed by atoms with Crippen LogP contribution >= 0.6 is 12.2 Å². The van der Waals surface area contributed by atoms with Crippen molar-refractivity contribution in [2.45, 2.75) is 6.92 Å². The smallest absolute Gasteiger partial charge is 0.285 e. The quantitative estimate of drug-likeness (QED) is 0.337. The lowest BCUT2D eigenvalue weighted by Gasteiger charge is -2.07. The maximum absolute atomic E-state index is 5.67. The Bertz CT molecular complexity index is 816.